The number of morpholine rings is 1. The first-order valence-corrected chi connectivity index (χ1v) is 12.8. The Hall–Kier alpha value is -2.95. The zero-order valence-corrected chi connectivity index (χ0v) is 20.3. The van der Waals surface area contributed by atoms with Gasteiger partial charge in [0.05, 0.1) is 23.7 Å². The van der Waals surface area contributed by atoms with Gasteiger partial charge in [-0.3, -0.25) is 9.59 Å². The number of nitrogens with zero attached hydrogens (tertiary/aromatic N) is 3. The van der Waals surface area contributed by atoms with Crippen LogP contribution in [0.25, 0.3) is 0 Å². The van der Waals surface area contributed by atoms with E-state index < -0.39 is 10.0 Å². The van der Waals surface area contributed by atoms with E-state index in [1.165, 1.54) is 26.2 Å². The minimum atomic E-state index is -3.69. The topological polar surface area (TPSA) is 99.3 Å². The SMILES string of the molecule is CN(C)S(=O)(=O)c1ccc(N2CCOCC2)c(C(=O)NCc2ccc(N3CCCC3=O)cc2)c1. The maximum Gasteiger partial charge on any atom is 0.253 e. The summed E-state index contributed by atoms with van der Waals surface area (Å²) in [7, 11) is -0.762. The molecule has 2 heterocycles. The van der Waals surface area contributed by atoms with Crippen LogP contribution in [0.4, 0.5) is 11.4 Å². The van der Waals surface area contributed by atoms with Gasteiger partial charge in [0.25, 0.3) is 5.91 Å². The van der Waals surface area contributed by atoms with E-state index in [1.807, 2.05) is 29.2 Å². The van der Waals surface area contributed by atoms with Gasteiger partial charge >= 0.3 is 0 Å². The number of hydrogen-bond acceptors (Lipinski definition) is 6. The quantitative estimate of drug-likeness (QED) is 0.641. The number of amides is 2. The Bertz CT molecular complexity index is 1160. The van der Waals surface area contributed by atoms with E-state index in [1.54, 1.807) is 11.0 Å². The lowest BCUT2D eigenvalue weighted by molar-refractivity contribution is -0.117. The van der Waals surface area contributed by atoms with Crippen LogP contribution in [0.3, 0.4) is 0 Å². The van der Waals surface area contributed by atoms with E-state index in [9.17, 15) is 18.0 Å². The Morgan fingerprint density at radius 2 is 1.76 bits per heavy atom. The lowest BCUT2D eigenvalue weighted by Crippen LogP contribution is -2.38. The molecular weight excluding hydrogens is 456 g/mol. The van der Waals surface area contributed by atoms with Crippen molar-refractivity contribution in [2.24, 2.45) is 0 Å². The van der Waals surface area contributed by atoms with Crippen LogP contribution in [0.1, 0.15) is 28.8 Å². The van der Waals surface area contributed by atoms with Gasteiger partial charge in [-0.1, -0.05) is 12.1 Å². The predicted octanol–water partition coefficient (Wildman–Crippen LogP) is 1.83. The normalized spacial score (nSPS) is 16.9. The van der Waals surface area contributed by atoms with Gasteiger partial charge in [0, 0.05) is 58.1 Å². The van der Waals surface area contributed by atoms with Gasteiger partial charge < -0.3 is 19.9 Å². The monoisotopic (exact) mass is 486 g/mol. The van der Waals surface area contributed by atoms with Gasteiger partial charge in [0.2, 0.25) is 15.9 Å². The summed E-state index contributed by atoms with van der Waals surface area (Å²) in [6.45, 7) is 3.34. The van der Waals surface area contributed by atoms with Crippen molar-refractivity contribution in [2.75, 3.05) is 56.7 Å². The van der Waals surface area contributed by atoms with Crippen LogP contribution < -0.4 is 15.1 Å². The van der Waals surface area contributed by atoms with Crippen molar-refractivity contribution in [1.29, 1.82) is 0 Å². The third-order valence-corrected chi connectivity index (χ3v) is 7.93. The van der Waals surface area contributed by atoms with Crippen LogP contribution >= 0.6 is 0 Å². The van der Waals surface area contributed by atoms with E-state index in [0.717, 1.165) is 28.5 Å². The summed E-state index contributed by atoms with van der Waals surface area (Å²) < 4.78 is 31.9. The van der Waals surface area contributed by atoms with Crippen molar-refractivity contribution >= 4 is 33.2 Å². The number of carbonyl (C=O) groups is 2. The fraction of sp³-hybridized carbons (Fsp3) is 0.417. The van der Waals surface area contributed by atoms with E-state index in [0.29, 0.717) is 44.0 Å². The first kappa shape index (κ1) is 24.2. The average Bonchev–Trinajstić information content (AvgIpc) is 3.28. The Morgan fingerprint density at radius 3 is 2.38 bits per heavy atom. The first-order chi connectivity index (χ1) is 16.3. The highest BCUT2D eigenvalue weighted by Crippen LogP contribution is 2.27. The van der Waals surface area contributed by atoms with Crippen LogP contribution in [0, 0.1) is 0 Å². The molecule has 0 radical (unpaired) electrons. The molecule has 10 heteroatoms. The predicted molar refractivity (Wildman–Crippen MR) is 130 cm³/mol. The summed E-state index contributed by atoms with van der Waals surface area (Å²) in [5, 5.41) is 2.91. The summed E-state index contributed by atoms with van der Waals surface area (Å²) in [4.78, 5) is 29.0. The molecule has 0 atom stereocenters. The van der Waals surface area contributed by atoms with Gasteiger partial charge in [-0.05, 0) is 42.3 Å². The molecule has 2 aliphatic rings. The van der Waals surface area contributed by atoms with Crippen LogP contribution in [0.2, 0.25) is 0 Å². The largest absolute Gasteiger partial charge is 0.378 e. The number of ether oxygens (including phenoxy) is 1. The molecule has 0 unspecified atom stereocenters. The average molecular weight is 487 g/mol. The van der Waals surface area contributed by atoms with Crippen molar-refractivity contribution in [1.82, 2.24) is 9.62 Å². The van der Waals surface area contributed by atoms with Gasteiger partial charge in [-0.25, -0.2) is 12.7 Å². The van der Waals surface area contributed by atoms with Gasteiger partial charge in [-0.15, -0.1) is 0 Å². The highest BCUT2D eigenvalue weighted by molar-refractivity contribution is 7.89. The molecule has 0 aromatic heterocycles. The highest BCUT2D eigenvalue weighted by Gasteiger charge is 2.25. The second-order valence-corrected chi connectivity index (χ2v) is 10.7. The highest BCUT2D eigenvalue weighted by atomic mass is 32.2. The Labute approximate surface area is 200 Å². The second-order valence-electron chi connectivity index (χ2n) is 8.56. The Kier molecular flexibility index (Phi) is 7.20. The van der Waals surface area contributed by atoms with Crippen LogP contribution in [-0.2, 0) is 26.1 Å². The minimum absolute atomic E-state index is 0.0688. The molecule has 1 N–H and O–H groups in total. The van der Waals surface area contributed by atoms with Crippen molar-refractivity contribution < 1.29 is 22.7 Å². The second kappa shape index (κ2) is 10.1. The van der Waals surface area contributed by atoms with E-state index in [4.69, 9.17) is 4.74 Å². The number of sulfonamides is 1. The number of anilines is 2. The number of hydrogen-bond donors (Lipinski definition) is 1. The fourth-order valence-electron chi connectivity index (χ4n) is 4.14. The summed E-state index contributed by atoms with van der Waals surface area (Å²) >= 11 is 0. The molecule has 2 aromatic carbocycles. The number of benzene rings is 2. The van der Waals surface area contributed by atoms with Crippen LogP contribution in [0.15, 0.2) is 47.4 Å². The van der Waals surface area contributed by atoms with Crippen molar-refractivity contribution in [3.8, 4) is 0 Å². The lowest BCUT2D eigenvalue weighted by Gasteiger charge is -2.30. The van der Waals surface area contributed by atoms with E-state index in [-0.39, 0.29) is 23.3 Å². The molecule has 0 bridgehead atoms. The molecule has 4 rings (SSSR count). The van der Waals surface area contributed by atoms with E-state index in [2.05, 4.69) is 5.32 Å². The number of carbonyl (C=O) groups excluding carboxylic acids is 2. The molecule has 0 spiro atoms. The van der Waals surface area contributed by atoms with Gasteiger partial charge in [0.1, 0.15) is 0 Å². The molecular formula is C24H30N4O5S. The molecule has 182 valence electrons. The smallest absolute Gasteiger partial charge is 0.253 e. The summed E-state index contributed by atoms with van der Waals surface area (Å²) in [5.41, 5.74) is 2.73. The van der Waals surface area contributed by atoms with Crippen LogP contribution in [-0.4, -0.2) is 71.5 Å². The number of rotatable bonds is 7. The third kappa shape index (κ3) is 5.08. The zero-order chi connectivity index (χ0) is 24.3. The van der Waals surface area contributed by atoms with Crippen molar-refractivity contribution in [3.63, 3.8) is 0 Å². The van der Waals surface area contributed by atoms with Crippen molar-refractivity contribution in [3.05, 3.63) is 53.6 Å². The zero-order valence-electron chi connectivity index (χ0n) is 19.5. The molecule has 2 saturated heterocycles. The molecule has 0 aliphatic carbocycles. The molecule has 34 heavy (non-hydrogen) atoms. The van der Waals surface area contributed by atoms with Crippen molar-refractivity contribution in [2.45, 2.75) is 24.3 Å². The molecule has 2 amide bonds. The van der Waals surface area contributed by atoms with Gasteiger partial charge in [0.15, 0.2) is 0 Å². The van der Waals surface area contributed by atoms with Crippen LogP contribution in [0.5, 0.6) is 0 Å². The summed E-state index contributed by atoms with van der Waals surface area (Å²) in [6, 6.07) is 12.2. The standard InChI is InChI=1S/C24H30N4O5S/c1-26(2)34(31,32)20-9-10-22(27-12-14-33-15-13-27)21(16-20)24(30)25-17-18-5-7-19(8-6-18)28-11-3-4-23(28)29/h5-10,16H,3-4,11-15,17H2,1-2H3,(H,25,30). The van der Waals surface area contributed by atoms with E-state index >= 15 is 0 Å². The molecule has 2 aromatic rings. The maximum atomic E-state index is 13.2. The Morgan fingerprint density at radius 1 is 1.06 bits per heavy atom. The molecule has 0 saturated carbocycles. The summed E-state index contributed by atoms with van der Waals surface area (Å²) in [6.07, 6.45) is 1.44. The third-order valence-electron chi connectivity index (χ3n) is 6.12. The first-order valence-electron chi connectivity index (χ1n) is 11.3. The Balaban J connectivity index is 1.54. The molecule has 9 nitrogen and oxygen atoms in total. The fourth-order valence-corrected chi connectivity index (χ4v) is 5.07. The summed E-state index contributed by atoms with van der Waals surface area (Å²) in [5.74, 6) is -0.222. The van der Waals surface area contributed by atoms with Gasteiger partial charge in [-0.2, -0.15) is 0 Å². The molecule has 2 fully saturated rings. The molecule has 2 aliphatic heterocycles. The maximum absolute atomic E-state index is 13.2. The minimum Gasteiger partial charge on any atom is -0.378 e. The lowest BCUT2D eigenvalue weighted by atomic mass is 10.1. The number of nitrogens with one attached hydrogen (secondary N) is 1.